The van der Waals surface area contributed by atoms with Crippen molar-refractivity contribution >= 4 is 11.8 Å². The molecule has 0 radical (unpaired) electrons. The molecule has 4 heteroatoms. The molecule has 0 aromatic heterocycles. The van der Waals surface area contributed by atoms with E-state index in [9.17, 15) is 0 Å². The number of benzene rings is 1. The molecule has 1 heterocycles. The zero-order chi connectivity index (χ0) is 12.6. The number of aliphatic hydroxyl groups is 1. The molecule has 1 aromatic carbocycles. The van der Waals surface area contributed by atoms with Gasteiger partial charge in [-0.1, -0.05) is 18.2 Å². The van der Waals surface area contributed by atoms with Crippen LogP contribution < -0.4 is 5.32 Å². The van der Waals surface area contributed by atoms with E-state index in [1.54, 1.807) is 0 Å². The highest BCUT2D eigenvalue weighted by Crippen LogP contribution is 2.36. The fourth-order valence-electron chi connectivity index (χ4n) is 2.10. The van der Waals surface area contributed by atoms with Gasteiger partial charge in [-0.2, -0.15) is 0 Å². The number of hydrogen-bond acceptors (Lipinski definition) is 4. The van der Waals surface area contributed by atoms with E-state index in [1.807, 2.05) is 11.8 Å². The van der Waals surface area contributed by atoms with Crippen molar-refractivity contribution in [3.05, 3.63) is 29.8 Å². The second kappa shape index (κ2) is 7.79. The Morgan fingerprint density at radius 1 is 1.33 bits per heavy atom. The molecule has 0 spiro atoms. The van der Waals surface area contributed by atoms with E-state index in [4.69, 9.17) is 9.84 Å². The summed E-state index contributed by atoms with van der Waals surface area (Å²) in [4.78, 5) is 1.44. The number of rotatable bonds is 8. The van der Waals surface area contributed by atoms with E-state index in [0.29, 0.717) is 11.9 Å². The van der Waals surface area contributed by atoms with Crippen LogP contribution in [-0.2, 0) is 11.2 Å². The molecule has 1 aliphatic heterocycles. The number of fused-ring (bicyclic) bond motifs is 1. The SMILES string of the molecule is OCCOCCCNCC1Cc2ccccc2S1. The van der Waals surface area contributed by atoms with Gasteiger partial charge in [-0.3, -0.25) is 0 Å². The topological polar surface area (TPSA) is 41.5 Å². The van der Waals surface area contributed by atoms with Gasteiger partial charge in [0.1, 0.15) is 0 Å². The summed E-state index contributed by atoms with van der Waals surface area (Å²) in [5, 5.41) is 12.7. The molecule has 0 fully saturated rings. The van der Waals surface area contributed by atoms with Crippen molar-refractivity contribution < 1.29 is 9.84 Å². The van der Waals surface area contributed by atoms with Gasteiger partial charge in [0.05, 0.1) is 13.2 Å². The number of aliphatic hydroxyl groups excluding tert-OH is 1. The van der Waals surface area contributed by atoms with Crippen LogP contribution in [0.25, 0.3) is 0 Å². The van der Waals surface area contributed by atoms with Crippen LogP contribution in [0.2, 0.25) is 0 Å². The van der Waals surface area contributed by atoms with Crippen molar-refractivity contribution in [3.8, 4) is 0 Å². The van der Waals surface area contributed by atoms with Gasteiger partial charge in [-0.25, -0.2) is 0 Å². The second-order valence-electron chi connectivity index (χ2n) is 4.45. The smallest absolute Gasteiger partial charge is 0.0697 e. The van der Waals surface area contributed by atoms with Crippen LogP contribution in [0.3, 0.4) is 0 Å². The first-order valence-electron chi connectivity index (χ1n) is 6.54. The van der Waals surface area contributed by atoms with Crippen molar-refractivity contribution in [1.29, 1.82) is 0 Å². The van der Waals surface area contributed by atoms with E-state index < -0.39 is 0 Å². The summed E-state index contributed by atoms with van der Waals surface area (Å²) in [6.45, 7) is 3.34. The van der Waals surface area contributed by atoms with Gasteiger partial charge in [0, 0.05) is 23.3 Å². The second-order valence-corrected chi connectivity index (χ2v) is 5.79. The van der Waals surface area contributed by atoms with Crippen LogP contribution in [-0.4, -0.2) is 43.3 Å². The van der Waals surface area contributed by atoms with Crippen LogP contribution in [0.15, 0.2) is 29.2 Å². The lowest BCUT2D eigenvalue weighted by atomic mass is 10.1. The van der Waals surface area contributed by atoms with Crippen LogP contribution in [0.5, 0.6) is 0 Å². The van der Waals surface area contributed by atoms with Gasteiger partial charge in [-0.05, 0) is 31.0 Å². The van der Waals surface area contributed by atoms with E-state index in [0.717, 1.165) is 26.1 Å². The summed E-state index contributed by atoms with van der Waals surface area (Å²) in [5.74, 6) is 0. The van der Waals surface area contributed by atoms with Gasteiger partial charge < -0.3 is 15.2 Å². The van der Waals surface area contributed by atoms with Crippen molar-refractivity contribution in [2.45, 2.75) is 23.0 Å². The summed E-state index contributed by atoms with van der Waals surface area (Å²) in [6.07, 6.45) is 2.18. The molecule has 0 saturated carbocycles. The fraction of sp³-hybridized carbons (Fsp3) is 0.571. The number of hydrogen-bond donors (Lipinski definition) is 2. The molecule has 1 unspecified atom stereocenters. The highest BCUT2D eigenvalue weighted by Gasteiger charge is 2.20. The molecule has 0 amide bonds. The molecule has 0 bridgehead atoms. The van der Waals surface area contributed by atoms with Crippen LogP contribution >= 0.6 is 11.8 Å². The van der Waals surface area contributed by atoms with Crippen LogP contribution in [0, 0.1) is 0 Å². The summed E-state index contributed by atoms with van der Waals surface area (Å²) >= 11 is 1.98. The first kappa shape index (κ1) is 13.9. The maximum Gasteiger partial charge on any atom is 0.0697 e. The van der Waals surface area contributed by atoms with Gasteiger partial charge in [0.2, 0.25) is 0 Å². The summed E-state index contributed by atoms with van der Waals surface area (Å²) in [7, 11) is 0. The molecular formula is C14H21NO2S. The largest absolute Gasteiger partial charge is 0.394 e. The molecule has 0 saturated heterocycles. The molecule has 0 aliphatic carbocycles. The molecule has 2 N–H and O–H groups in total. The minimum Gasteiger partial charge on any atom is -0.394 e. The van der Waals surface area contributed by atoms with E-state index >= 15 is 0 Å². The highest BCUT2D eigenvalue weighted by molar-refractivity contribution is 8.00. The van der Waals surface area contributed by atoms with E-state index in [1.165, 1.54) is 16.9 Å². The number of ether oxygens (including phenoxy) is 1. The Labute approximate surface area is 113 Å². The average molecular weight is 267 g/mol. The molecule has 100 valence electrons. The Morgan fingerprint density at radius 3 is 3.06 bits per heavy atom. The van der Waals surface area contributed by atoms with Crippen molar-refractivity contribution in [1.82, 2.24) is 5.32 Å². The van der Waals surface area contributed by atoms with Crippen molar-refractivity contribution in [2.24, 2.45) is 0 Å². The monoisotopic (exact) mass is 267 g/mol. The Hall–Kier alpha value is -0.550. The van der Waals surface area contributed by atoms with Crippen molar-refractivity contribution in [3.63, 3.8) is 0 Å². The van der Waals surface area contributed by atoms with Gasteiger partial charge >= 0.3 is 0 Å². The lowest BCUT2D eigenvalue weighted by Gasteiger charge is -2.10. The normalized spacial score (nSPS) is 17.9. The first-order chi connectivity index (χ1) is 8.90. The molecule has 3 nitrogen and oxygen atoms in total. The Kier molecular flexibility index (Phi) is 6.00. The Balaban J connectivity index is 1.54. The third-order valence-corrected chi connectivity index (χ3v) is 4.28. The molecule has 1 aliphatic rings. The van der Waals surface area contributed by atoms with E-state index in [-0.39, 0.29) is 6.61 Å². The molecule has 18 heavy (non-hydrogen) atoms. The maximum absolute atomic E-state index is 8.55. The summed E-state index contributed by atoms with van der Waals surface area (Å²) < 4.78 is 5.21. The zero-order valence-electron chi connectivity index (χ0n) is 10.6. The first-order valence-corrected chi connectivity index (χ1v) is 7.42. The van der Waals surface area contributed by atoms with Gasteiger partial charge in [-0.15, -0.1) is 11.8 Å². The van der Waals surface area contributed by atoms with E-state index in [2.05, 4.69) is 29.6 Å². The molecule has 2 rings (SSSR count). The Morgan fingerprint density at radius 2 is 2.22 bits per heavy atom. The number of thioether (sulfide) groups is 1. The third kappa shape index (κ3) is 4.28. The Bertz CT molecular complexity index is 334. The van der Waals surface area contributed by atoms with Crippen LogP contribution in [0.4, 0.5) is 0 Å². The predicted molar refractivity (Wildman–Crippen MR) is 75.2 cm³/mol. The summed E-state index contributed by atoms with van der Waals surface area (Å²) in [5.41, 5.74) is 1.49. The molecular weight excluding hydrogens is 246 g/mol. The van der Waals surface area contributed by atoms with Gasteiger partial charge in [0.25, 0.3) is 0 Å². The highest BCUT2D eigenvalue weighted by atomic mass is 32.2. The lowest BCUT2D eigenvalue weighted by molar-refractivity contribution is 0.0908. The van der Waals surface area contributed by atoms with Crippen LogP contribution in [0.1, 0.15) is 12.0 Å². The quantitative estimate of drug-likeness (QED) is 0.703. The molecule has 1 atom stereocenters. The lowest BCUT2D eigenvalue weighted by Crippen LogP contribution is -2.26. The van der Waals surface area contributed by atoms with Crippen molar-refractivity contribution in [2.75, 3.05) is 32.9 Å². The van der Waals surface area contributed by atoms with Gasteiger partial charge in [0.15, 0.2) is 0 Å². The minimum absolute atomic E-state index is 0.115. The standard InChI is InChI=1S/C14H21NO2S/c16-7-9-17-8-3-6-15-11-13-10-12-4-1-2-5-14(12)18-13/h1-2,4-5,13,15-16H,3,6-11H2. The third-order valence-electron chi connectivity index (χ3n) is 2.96. The predicted octanol–water partition coefficient (Wildman–Crippen LogP) is 1.69. The fourth-order valence-corrected chi connectivity index (χ4v) is 3.38. The zero-order valence-corrected chi connectivity index (χ0v) is 11.4. The average Bonchev–Trinajstić information content (AvgIpc) is 2.80. The summed E-state index contributed by atoms with van der Waals surface area (Å²) in [6, 6.07) is 8.67. The maximum atomic E-state index is 8.55. The number of nitrogens with one attached hydrogen (secondary N) is 1. The minimum atomic E-state index is 0.115. The molecule has 1 aromatic rings.